The minimum atomic E-state index is -0.331. The Bertz CT molecular complexity index is 1620. The van der Waals surface area contributed by atoms with Gasteiger partial charge in [-0.2, -0.15) is 0 Å². The highest BCUT2D eigenvalue weighted by molar-refractivity contribution is 7.21. The molecule has 2 amide bonds. The van der Waals surface area contributed by atoms with Crippen molar-refractivity contribution in [2.45, 2.75) is 13.8 Å². The molecule has 38 heavy (non-hydrogen) atoms. The minimum absolute atomic E-state index is 0.281. The molecule has 3 aromatic carbocycles. The van der Waals surface area contributed by atoms with Crippen molar-refractivity contribution in [3.63, 3.8) is 0 Å². The zero-order chi connectivity index (χ0) is 26.6. The van der Waals surface area contributed by atoms with E-state index in [-0.39, 0.29) is 17.5 Å². The van der Waals surface area contributed by atoms with Crippen LogP contribution in [0.25, 0.3) is 21.3 Å². The number of nitrogens with zero attached hydrogens (tertiary/aromatic N) is 1. The Labute approximate surface area is 224 Å². The SMILES string of the molecule is CCOc1ccc(-c2c(C(=O)Nc3ccccc3)c(C)nc3sc(C(=O)Nc4ccccc4)c(N)c23)cc1. The molecule has 0 aliphatic heterocycles. The third-order valence-corrected chi connectivity index (χ3v) is 7.11. The number of aromatic nitrogens is 1. The molecule has 0 spiro atoms. The van der Waals surface area contributed by atoms with Crippen molar-refractivity contribution in [1.82, 2.24) is 4.98 Å². The van der Waals surface area contributed by atoms with Gasteiger partial charge in [0.2, 0.25) is 0 Å². The fourth-order valence-electron chi connectivity index (χ4n) is 4.31. The highest BCUT2D eigenvalue weighted by atomic mass is 32.1. The highest BCUT2D eigenvalue weighted by Gasteiger charge is 2.27. The van der Waals surface area contributed by atoms with Gasteiger partial charge in [-0.25, -0.2) is 4.98 Å². The van der Waals surface area contributed by atoms with Crippen LogP contribution >= 0.6 is 11.3 Å². The van der Waals surface area contributed by atoms with Crippen LogP contribution in [0.4, 0.5) is 17.1 Å². The first kappa shape index (κ1) is 25.0. The third-order valence-electron chi connectivity index (χ3n) is 6.01. The maximum Gasteiger partial charge on any atom is 0.267 e. The standard InChI is InChI=1S/C30H26N4O3S/c1-3-37-22-16-14-19(15-17-22)24-23(28(35)33-20-10-6-4-7-11-20)18(2)32-30-25(24)26(31)27(38-30)29(36)34-21-12-8-5-9-13-21/h4-17H,3,31H2,1-2H3,(H,33,35)(H,34,36). The van der Waals surface area contributed by atoms with Gasteiger partial charge in [0.1, 0.15) is 15.5 Å². The Hall–Kier alpha value is -4.69. The van der Waals surface area contributed by atoms with Crippen LogP contribution in [-0.2, 0) is 0 Å². The molecular formula is C30H26N4O3S. The molecule has 0 saturated carbocycles. The average molecular weight is 523 g/mol. The van der Waals surface area contributed by atoms with E-state index in [1.807, 2.05) is 79.7 Å². The van der Waals surface area contributed by atoms with Crippen molar-refractivity contribution in [1.29, 1.82) is 0 Å². The van der Waals surface area contributed by atoms with Crippen LogP contribution in [0, 0.1) is 6.92 Å². The van der Waals surface area contributed by atoms with Crippen molar-refractivity contribution in [2.75, 3.05) is 23.0 Å². The van der Waals surface area contributed by atoms with Gasteiger partial charge in [-0.05, 0) is 55.8 Å². The van der Waals surface area contributed by atoms with E-state index in [1.165, 1.54) is 11.3 Å². The first-order chi connectivity index (χ1) is 18.5. The Morgan fingerprint density at radius 3 is 2.03 bits per heavy atom. The molecule has 4 N–H and O–H groups in total. The van der Waals surface area contributed by atoms with Gasteiger partial charge in [0.05, 0.1) is 23.6 Å². The molecule has 0 aliphatic rings. The lowest BCUT2D eigenvalue weighted by Crippen LogP contribution is -2.16. The van der Waals surface area contributed by atoms with Crippen molar-refractivity contribution in [3.05, 3.63) is 101 Å². The summed E-state index contributed by atoms with van der Waals surface area (Å²) in [6.45, 7) is 4.25. The molecule has 8 heteroatoms. The second-order valence-corrected chi connectivity index (χ2v) is 9.57. The van der Waals surface area contributed by atoms with Crippen LogP contribution < -0.4 is 21.1 Å². The summed E-state index contributed by atoms with van der Waals surface area (Å²) in [5.74, 6) is 0.0740. The van der Waals surface area contributed by atoms with Crippen LogP contribution in [0.3, 0.4) is 0 Å². The summed E-state index contributed by atoms with van der Waals surface area (Å²) in [7, 11) is 0. The Morgan fingerprint density at radius 1 is 0.868 bits per heavy atom. The highest BCUT2D eigenvalue weighted by Crippen LogP contribution is 2.42. The summed E-state index contributed by atoms with van der Waals surface area (Å²) < 4.78 is 5.61. The quantitative estimate of drug-likeness (QED) is 0.219. The number of amides is 2. The van der Waals surface area contributed by atoms with Crippen LogP contribution in [0.5, 0.6) is 5.75 Å². The Morgan fingerprint density at radius 2 is 1.45 bits per heavy atom. The predicted octanol–water partition coefficient (Wildman–Crippen LogP) is 6.76. The van der Waals surface area contributed by atoms with Crippen molar-refractivity contribution in [3.8, 4) is 16.9 Å². The van der Waals surface area contributed by atoms with Gasteiger partial charge < -0.3 is 21.1 Å². The fraction of sp³-hybridized carbons (Fsp3) is 0.100. The molecule has 2 heterocycles. The molecule has 7 nitrogen and oxygen atoms in total. The molecule has 5 rings (SSSR count). The van der Waals surface area contributed by atoms with Gasteiger partial charge in [0.25, 0.3) is 11.8 Å². The molecule has 2 aromatic heterocycles. The topological polar surface area (TPSA) is 106 Å². The first-order valence-electron chi connectivity index (χ1n) is 12.1. The summed E-state index contributed by atoms with van der Waals surface area (Å²) in [6.07, 6.45) is 0. The summed E-state index contributed by atoms with van der Waals surface area (Å²) in [4.78, 5) is 32.5. The second kappa shape index (κ2) is 10.7. The van der Waals surface area contributed by atoms with Crippen LogP contribution in [0.1, 0.15) is 32.6 Å². The zero-order valence-corrected chi connectivity index (χ0v) is 21.8. The van der Waals surface area contributed by atoms with Gasteiger partial charge >= 0.3 is 0 Å². The zero-order valence-electron chi connectivity index (χ0n) is 20.9. The number of carbonyl (C=O) groups excluding carboxylic acids is 2. The van der Waals surface area contributed by atoms with E-state index >= 15 is 0 Å². The van der Waals surface area contributed by atoms with Crippen molar-refractivity contribution < 1.29 is 14.3 Å². The molecule has 0 bridgehead atoms. The molecule has 0 aliphatic carbocycles. The number of nitrogens with one attached hydrogen (secondary N) is 2. The van der Waals surface area contributed by atoms with E-state index < -0.39 is 0 Å². The number of pyridine rings is 1. The van der Waals surface area contributed by atoms with Crippen LogP contribution in [0.15, 0.2) is 84.9 Å². The number of carbonyl (C=O) groups is 2. The monoisotopic (exact) mass is 522 g/mol. The number of thiophene rings is 1. The number of ether oxygens (including phenoxy) is 1. The van der Waals surface area contributed by atoms with Crippen LogP contribution in [-0.4, -0.2) is 23.4 Å². The molecule has 0 fully saturated rings. The molecular weight excluding hydrogens is 496 g/mol. The minimum Gasteiger partial charge on any atom is -0.494 e. The number of anilines is 3. The fourth-order valence-corrected chi connectivity index (χ4v) is 5.36. The average Bonchev–Trinajstić information content (AvgIpc) is 3.25. The summed E-state index contributed by atoms with van der Waals surface area (Å²) in [5.41, 5.74) is 10.6. The maximum atomic E-state index is 13.6. The van der Waals surface area contributed by atoms with Gasteiger partial charge in [-0.1, -0.05) is 48.5 Å². The molecule has 0 radical (unpaired) electrons. The molecule has 0 unspecified atom stereocenters. The number of benzene rings is 3. The molecule has 0 saturated heterocycles. The van der Waals surface area contributed by atoms with E-state index in [0.717, 1.165) is 11.3 Å². The lowest BCUT2D eigenvalue weighted by atomic mass is 9.94. The molecule has 190 valence electrons. The smallest absolute Gasteiger partial charge is 0.267 e. The number of nitrogens with two attached hydrogens (primary N) is 1. The van der Waals surface area contributed by atoms with E-state index in [9.17, 15) is 9.59 Å². The van der Waals surface area contributed by atoms with Gasteiger partial charge in [0.15, 0.2) is 0 Å². The summed E-state index contributed by atoms with van der Waals surface area (Å²) in [6, 6.07) is 25.9. The summed E-state index contributed by atoms with van der Waals surface area (Å²) >= 11 is 1.21. The third kappa shape index (κ3) is 4.94. The van der Waals surface area contributed by atoms with Crippen LogP contribution in [0.2, 0.25) is 0 Å². The predicted molar refractivity (Wildman–Crippen MR) is 154 cm³/mol. The number of aryl methyl sites for hydroxylation is 1. The lowest BCUT2D eigenvalue weighted by Gasteiger charge is -2.15. The van der Waals surface area contributed by atoms with E-state index in [1.54, 1.807) is 19.1 Å². The van der Waals surface area contributed by atoms with E-state index in [2.05, 4.69) is 10.6 Å². The van der Waals surface area contributed by atoms with E-state index in [4.69, 9.17) is 15.5 Å². The van der Waals surface area contributed by atoms with Crippen molar-refractivity contribution in [2.24, 2.45) is 0 Å². The number of fused-ring (bicyclic) bond motifs is 1. The first-order valence-corrected chi connectivity index (χ1v) is 13.0. The number of hydrogen-bond acceptors (Lipinski definition) is 6. The van der Waals surface area contributed by atoms with E-state index in [0.29, 0.717) is 49.9 Å². The summed E-state index contributed by atoms with van der Waals surface area (Å²) in [5, 5.41) is 6.43. The maximum absolute atomic E-state index is 13.6. The van der Waals surface area contributed by atoms with Gasteiger partial charge in [-0.15, -0.1) is 11.3 Å². The molecule has 0 atom stereocenters. The second-order valence-electron chi connectivity index (χ2n) is 8.57. The van der Waals surface area contributed by atoms with Gasteiger partial charge in [0, 0.05) is 22.3 Å². The number of rotatable bonds is 7. The lowest BCUT2D eigenvalue weighted by molar-refractivity contribution is 0.102. The number of para-hydroxylation sites is 2. The van der Waals surface area contributed by atoms with Gasteiger partial charge in [-0.3, -0.25) is 9.59 Å². The number of hydrogen-bond donors (Lipinski definition) is 3. The molecule has 5 aromatic rings. The largest absolute Gasteiger partial charge is 0.494 e. The number of nitrogen functional groups attached to an aromatic ring is 1. The Kier molecular flexibility index (Phi) is 7.06. The normalized spacial score (nSPS) is 10.8. The Balaban J connectivity index is 1.67. The van der Waals surface area contributed by atoms with Crippen molar-refractivity contribution >= 4 is 50.4 Å².